The minimum atomic E-state index is -0.135. The molecule has 0 bridgehead atoms. The first-order valence-corrected chi connectivity index (χ1v) is 18.4. The van der Waals surface area contributed by atoms with Crippen LogP contribution in [0.3, 0.4) is 0 Å². The monoisotopic (exact) mass is 647 g/mol. The molecule has 43 heavy (non-hydrogen) atoms. The summed E-state index contributed by atoms with van der Waals surface area (Å²) in [4.78, 5) is 47.2. The maximum Gasteiger partial charge on any atom is 0.305 e. The number of thioether (sulfide) groups is 2. The van der Waals surface area contributed by atoms with Crippen LogP contribution < -0.4 is 16.0 Å². The van der Waals surface area contributed by atoms with E-state index in [1.165, 1.54) is 0 Å². The van der Waals surface area contributed by atoms with Gasteiger partial charge in [0.25, 0.3) is 0 Å². The predicted molar refractivity (Wildman–Crippen MR) is 181 cm³/mol. The summed E-state index contributed by atoms with van der Waals surface area (Å²) in [5.41, 5.74) is -0.174. The molecule has 2 amide bonds. The van der Waals surface area contributed by atoms with Crippen LogP contribution in [-0.4, -0.2) is 86.2 Å². The molecule has 0 saturated heterocycles. The highest BCUT2D eigenvalue weighted by Gasteiger charge is 2.23. The lowest BCUT2D eigenvalue weighted by Gasteiger charge is -2.30. The molecule has 9 nitrogen and oxygen atoms in total. The normalized spacial score (nSPS) is 11.7. The van der Waals surface area contributed by atoms with E-state index in [1.807, 2.05) is 25.6 Å². The molecule has 0 fully saturated rings. The molecule has 0 spiro atoms. The van der Waals surface area contributed by atoms with Gasteiger partial charge in [0.05, 0.1) is 13.2 Å². The average Bonchev–Trinajstić information content (AvgIpc) is 2.93. The molecule has 252 valence electrons. The van der Waals surface area contributed by atoms with Crippen molar-refractivity contribution in [3.63, 3.8) is 0 Å². The van der Waals surface area contributed by atoms with Crippen molar-refractivity contribution >= 4 is 47.3 Å². The van der Waals surface area contributed by atoms with Crippen LogP contribution in [0.4, 0.5) is 0 Å². The van der Waals surface area contributed by atoms with Gasteiger partial charge in [0, 0.05) is 63.4 Å². The molecule has 0 aromatic rings. The lowest BCUT2D eigenvalue weighted by atomic mass is 9.90. The van der Waals surface area contributed by atoms with Crippen molar-refractivity contribution in [2.24, 2.45) is 10.8 Å². The third kappa shape index (κ3) is 27.8. The maximum atomic E-state index is 12.3. The predicted octanol–water partition coefficient (Wildman–Crippen LogP) is 5.35. The second-order valence-electron chi connectivity index (χ2n) is 12.4. The number of rotatable bonds is 28. The zero-order valence-electron chi connectivity index (χ0n) is 27.9. The van der Waals surface area contributed by atoms with E-state index in [0.717, 1.165) is 74.6 Å². The minimum Gasteiger partial charge on any atom is -0.466 e. The minimum absolute atomic E-state index is 0.0688. The van der Waals surface area contributed by atoms with Crippen molar-refractivity contribution in [3.8, 4) is 0 Å². The molecule has 0 heterocycles. The summed E-state index contributed by atoms with van der Waals surface area (Å²) in [7, 11) is 0. The fraction of sp³-hybridized carbons (Fsp3) is 0.875. The van der Waals surface area contributed by atoms with Gasteiger partial charge >= 0.3 is 11.9 Å². The van der Waals surface area contributed by atoms with E-state index in [9.17, 15) is 19.2 Å². The van der Waals surface area contributed by atoms with Crippen LogP contribution in [0.2, 0.25) is 0 Å². The molecule has 0 aliphatic rings. The Kier molecular flexibility index (Phi) is 24.9. The SMILES string of the molecule is CCOC(=O)CCCCCCSCCC(=O)NCC(C)(C)CNCC(C)(C)CNC(=O)CCSCCCCC(=O)OCC. The Morgan fingerprint density at radius 2 is 0.930 bits per heavy atom. The van der Waals surface area contributed by atoms with E-state index in [2.05, 4.69) is 43.6 Å². The van der Waals surface area contributed by atoms with E-state index >= 15 is 0 Å². The van der Waals surface area contributed by atoms with Crippen LogP contribution in [0.15, 0.2) is 0 Å². The number of hydrogen-bond acceptors (Lipinski definition) is 9. The standard InChI is InChI=1S/C32H61N3O6S2/c1-7-40-29(38)15-11-9-10-13-19-42-21-17-27(36)34-25-31(3,4)23-33-24-32(5,6)26-35-28(37)18-22-43-20-14-12-16-30(39)41-8-2/h33H,7-26H2,1-6H3,(H,34,36)(H,35,37). The molecule has 0 aromatic carbocycles. The van der Waals surface area contributed by atoms with Crippen molar-refractivity contribution in [1.82, 2.24) is 16.0 Å². The molecule has 0 saturated carbocycles. The fourth-order valence-corrected chi connectivity index (χ4v) is 5.90. The van der Waals surface area contributed by atoms with Crippen molar-refractivity contribution in [1.29, 1.82) is 0 Å². The summed E-state index contributed by atoms with van der Waals surface area (Å²) in [6.07, 6.45) is 7.90. The van der Waals surface area contributed by atoms with Crippen molar-refractivity contribution in [2.75, 3.05) is 62.4 Å². The van der Waals surface area contributed by atoms with E-state index in [1.54, 1.807) is 11.8 Å². The van der Waals surface area contributed by atoms with E-state index in [-0.39, 0.29) is 34.6 Å². The quantitative estimate of drug-likeness (QED) is 0.0762. The highest BCUT2D eigenvalue weighted by Crippen LogP contribution is 2.16. The van der Waals surface area contributed by atoms with Crippen LogP contribution in [0.1, 0.15) is 106 Å². The Bertz CT molecular complexity index is 780. The topological polar surface area (TPSA) is 123 Å². The van der Waals surface area contributed by atoms with Gasteiger partial charge in [-0.15, -0.1) is 0 Å². The Morgan fingerprint density at radius 3 is 1.37 bits per heavy atom. The molecule has 0 radical (unpaired) electrons. The van der Waals surface area contributed by atoms with Crippen LogP contribution in [0.5, 0.6) is 0 Å². The second kappa shape index (κ2) is 25.8. The van der Waals surface area contributed by atoms with Gasteiger partial charge < -0.3 is 25.4 Å². The number of carbonyl (C=O) groups excluding carboxylic acids is 4. The number of ether oxygens (including phenoxy) is 2. The smallest absolute Gasteiger partial charge is 0.305 e. The fourth-order valence-electron chi connectivity index (χ4n) is 4.02. The molecule has 0 unspecified atom stereocenters. The highest BCUT2D eigenvalue weighted by atomic mass is 32.2. The molecule has 0 rings (SSSR count). The molecule has 0 aromatic heterocycles. The summed E-state index contributed by atoms with van der Waals surface area (Å²) in [6, 6.07) is 0. The number of carbonyl (C=O) groups is 4. The molecule has 3 N–H and O–H groups in total. The molecular formula is C32H61N3O6S2. The molecule has 11 heteroatoms. The second-order valence-corrected chi connectivity index (χ2v) is 14.9. The van der Waals surface area contributed by atoms with Gasteiger partial charge in [-0.25, -0.2) is 0 Å². The Labute approximate surface area is 270 Å². The Balaban J connectivity index is 3.84. The first kappa shape index (κ1) is 41.5. The largest absolute Gasteiger partial charge is 0.466 e. The van der Waals surface area contributed by atoms with E-state index in [4.69, 9.17) is 9.47 Å². The lowest BCUT2D eigenvalue weighted by Crippen LogP contribution is -2.45. The Morgan fingerprint density at radius 1 is 0.535 bits per heavy atom. The van der Waals surface area contributed by atoms with Gasteiger partial charge in [-0.1, -0.05) is 40.5 Å². The third-order valence-electron chi connectivity index (χ3n) is 6.63. The zero-order chi connectivity index (χ0) is 32.4. The lowest BCUT2D eigenvalue weighted by molar-refractivity contribution is -0.144. The summed E-state index contributed by atoms with van der Waals surface area (Å²) in [6.45, 7) is 15.8. The zero-order valence-corrected chi connectivity index (χ0v) is 29.5. The van der Waals surface area contributed by atoms with Gasteiger partial charge in [-0.3, -0.25) is 19.2 Å². The Hall–Kier alpha value is -1.46. The van der Waals surface area contributed by atoms with Gasteiger partial charge in [0.1, 0.15) is 0 Å². The number of amides is 2. The van der Waals surface area contributed by atoms with Crippen LogP contribution in [0, 0.1) is 10.8 Å². The molecule has 0 aliphatic heterocycles. The summed E-state index contributed by atoms with van der Waals surface area (Å²) >= 11 is 3.56. The van der Waals surface area contributed by atoms with Crippen molar-refractivity contribution in [3.05, 3.63) is 0 Å². The van der Waals surface area contributed by atoms with Crippen molar-refractivity contribution < 1.29 is 28.7 Å². The summed E-state index contributed by atoms with van der Waals surface area (Å²) in [5, 5.41) is 9.67. The van der Waals surface area contributed by atoms with Crippen molar-refractivity contribution in [2.45, 2.75) is 106 Å². The molecular weight excluding hydrogens is 587 g/mol. The third-order valence-corrected chi connectivity index (χ3v) is 8.77. The van der Waals surface area contributed by atoms with Gasteiger partial charge in [-0.05, 0) is 61.9 Å². The number of unbranched alkanes of at least 4 members (excludes halogenated alkanes) is 4. The highest BCUT2D eigenvalue weighted by molar-refractivity contribution is 7.99. The maximum absolute atomic E-state index is 12.3. The van der Waals surface area contributed by atoms with E-state index < -0.39 is 0 Å². The average molecular weight is 648 g/mol. The number of nitrogens with one attached hydrogen (secondary N) is 3. The summed E-state index contributed by atoms with van der Waals surface area (Å²) < 4.78 is 9.86. The van der Waals surface area contributed by atoms with Crippen LogP contribution in [-0.2, 0) is 28.7 Å². The number of esters is 2. The first-order chi connectivity index (χ1) is 20.4. The molecule has 0 atom stereocenters. The van der Waals surface area contributed by atoms with Gasteiger partial charge in [0.2, 0.25) is 11.8 Å². The number of hydrogen-bond donors (Lipinski definition) is 3. The van der Waals surface area contributed by atoms with Crippen LogP contribution in [0.25, 0.3) is 0 Å². The van der Waals surface area contributed by atoms with E-state index in [0.29, 0.717) is 52.0 Å². The van der Waals surface area contributed by atoms with Crippen LogP contribution >= 0.6 is 23.5 Å². The first-order valence-electron chi connectivity index (χ1n) is 16.1. The van der Waals surface area contributed by atoms with Gasteiger partial charge in [0.15, 0.2) is 0 Å². The molecule has 0 aliphatic carbocycles. The summed E-state index contributed by atoms with van der Waals surface area (Å²) in [5.74, 6) is 3.50. The van der Waals surface area contributed by atoms with Gasteiger partial charge in [-0.2, -0.15) is 23.5 Å².